The molecular weight excluding hydrogens is 268 g/mol. The molecular formula is C15H26N4S. The van der Waals surface area contributed by atoms with E-state index in [1.165, 1.54) is 30.6 Å². The highest BCUT2D eigenvalue weighted by Crippen LogP contribution is 2.36. The quantitative estimate of drug-likeness (QED) is 0.663. The lowest BCUT2D eigenvalue weighted by atomic mass is 9.89. The van der Waals surface area contributed by atoms with Gasteiger partial charge in [0.05, 0.1) is 12.2 Å². The Morgan fingerprint density at radius 2 is 2.00 bits per heavy atom. The molecule has 20 heavy (non-hydrogen) atoms. The molecule has 0 unspecified atom stereocenters. The summed E-state index contributed by atoms with van der Waals surface area (Å²) in [5, 5.41) is 7.93. The van der Waals surface area contributed by atoms with Gasteiger partial charge in [-0.2, -0.15) is 0 Å². The summed E-state index contributed by atoms with van der Waals surface area (Å²) in [5.74, 6) is 0.878. The molecule has 0 atom stereocenters. The maximum atomic E-state index is 4.54. The Labute approximate surface area is 126 Å². The molecule has 1 aromatic rings. The van der Waals surface area contributed by atoms with Crippen LogP contribution < -0.4 is 10.6 Å². The maximum absolute atomic E-state index is 4.54. The minimum atomic E-state index is 0.436. The van der Waals surface area contributed by atoms with E-state index < -0.39 is 0 Å². The zero-order valence-corrected chi connectivity index (χ0v) is 13.9. The van der Waals surface area contributed by atoms with Gasteiger partial charge in [0.2, 0.25) is 0 Å². The number of aliphatic imine (C=N–C) groups is 1. The number of aromatic nitrogens is 1. The molecule has 2 N–H and O–H groups in total. The van der Waals surface area contributed by atoms with Crippen LogP contribution in [0.2, 0.25) is 0 Å². The fourth-order valence-corrected chi connectivity index (χ4v) is 3.57. The highest BCUT2D eigenvalue weighted by Gasteiger charge is 2.28. The van der Waals surface area contributed by atoms with Gasteiger partial charge in [-0.25, -0.2) is 4.98 Å². The van der Waals surface area contributed by atoms with E-state index in [0.29, 0.717) is 5.41 Å². The minimum Gasteiger partial charge on any atom is -0.356 e. The van der Waals surface area contributed by atoms with Crippen molar-refractivity contribution in [3.8, 4) is 0 Å². The van der Waals surface area contributed by atoms with Crippen molar-refractivity contribution in [2.45, 2.75) is 53.0 Å². The largest absolute Gasteiger partial charge is 0.356 e. The molecule has 1 aromatic heterocycles. The predicted molar refractivity (Wildman–Crippen MR) is 86.4 cm³/mol. The molecule has 1 saturated carbocycles. The van der Waals surface area contributed by atoms with Crippen LogP contribution in [0.5, 0.6) is 0 Å². The molecule has 4 nitrogen and oxygen atoms in total. The molecule has 1 aliphatic carbocycles. The van der Waals surface area contributed by atoms with Crippen LogP contribution in [0.15, 0.2) is 4.99 Å². The van der Waals surface area contributed by atoms with Gasteiger partial charge in [-0.3, -0.25) is 4.99 Å². The first-order valence-corrected chi connectivity index (χ1v) is 8.21. The Morgan fingerprint density at radius 3 is 2.55 bits per heavy atom. The first kappa shape index (κ1) is 15.3. The molecule has 112 valence electrons. The highest BCUT2D eigenvalue weighted by atomic mass is 32.1. The molecule has 0 saturated heterocycles. The van der Waals surface area contributed by atoms with Gasteiger partial charge in [-0.05, 0) is 32.1 Å². The standard InChI is InChI=1S/C15H26N4S/c1-11-12(2)20-13(19-11)9-17-14(16-4)18-10-15(3)7-5-6-8-15/h5-10H2,1-4H3,(H2,16,17,18). The van der Waals surface area contributed by atoms with Crippen molar-refractivity contribution >= 4 is 17.3 Å². The number of hydrogen-bond acceptors (Lipinski definition) is 3. The van der Waals surface area contributed by atoms with Crippen molar-refractivity contribution < 1.29 is 0 Å². The average Bonchev–Trinajstić information content (AvgIpc) is 2.98. The van der Waals surface area contributed by atoms with E-state index in [-0.39, 0.29) is 0 Å². The van der Waals surface area contributed by atoms with Gasteiger partial charge in [0.25, 0.3) is 0 Å². The third-order valence-corrected chi connectivity index (χ3v) is 5.27. The molecule has 0 bridgehead atoms. The molecule has 0 spiro atoms. The maximum Gasteiger partial charge on any atom is 0.191 e. The SMILES string of the molecule is CN=C(NCc1nc(C)c(C)s1)NCC1(C)CCCC1. The van der Waals surface area contributed by atoms with Crippen LogP contribution >= 0.6 is 11.3 Å². The zero-order valence-electron chi connectivity index (χ0n) is 13.0. The predicted octanol–water partition coefficient (Wildman–Crippen LogP) is 3.01. The van der Waals surface area contributed by atoms with Crippen molar-refractivity contribution in [3.05, 3.63) is 15.6 Å². The van der Waals surface area contributed by atoms with Gasteiger partial charge >= 0.3 is 0 Å². The Bertz CT molecular complexity index is 453. The van der Waals surface area contributed by atoms with Gasteiger partial charge < -0.3 is 10.6 Å². The number of thiazole rings is 1. The van der Waals surface area contributed by atoms with Gasteiger partial charge in [0.15, 0.2) is 5.96 Å². The van der Waals surface area contributed by atoms with Crippen LogP contribution in [0.4, 0.5) is 0 Å². The molecule has 5 heteroatoms. The lowest BCUT2D eigenvalue weighted by Crippen LogP contribution is -2.41. The van der Waals surface area contributed by atoms with Crippen molar-refractivity contribution in [3.63, 3.8) is 0 Å². The molecule has 1 fully saturated rings. The Morgan fingerprint density at radius 1 is 1.30 bits per heavy atom. The highest BCUT2D eigenvalue weighted by molar-refractivity contribution is 7.11. The van der Waals surface area contributed by atoms with E-state index in [0.717, 1.165) is 29.8 Å². The third kappa shape index (κ3) is 3.95. The molecule has 0 amide bonds. The summed E-state index contributed by atoms with van der Waals surface area (Å²) in [6, 6.07) is 0. The normalized spacial score (nSPS) is 18.3. The van der Waals surface area contributed by atoms with Gasteiger partial charge in [-0.1, -0.05) is 19.8 Å². The second kappa shape index (κ2) is 6.57. The number of nitrogens with zero attached hydrogens (tertiary/aromatic N) is 2. The van der Waals surface area contributed by atoms with Crippen LogP contribution in [-0.2, 0) is 6.54 Å². The van der Waals surface area contributed by atoms with E-state index in [4.69, 9.17) is 0 Å². The lowest BCUT2D eigenvalue weighted by Gasteiger charge is -2.25. The van der Waals surface area contributed by atoms with Crippen LogP contribution in [-0.4, -0.2) is 24.5 Å². The summed E-state index contributed by atoms with van der Waals surface area (Å²) in [5.41, 5.74) is 1.57. The molecule has 1 heterocycles. The van der Waals surface area contributed by atoms with Crippen LogP contribution in [0, 0.1) is 19.3 Å². The summed E-state index contributed by atoms with van der Waals surface area (Å²) in [7, 11) is 1.82. The Hall–Kier alpha value is -1.10. The number of aryl methyl sites for hydroxylation is 2. The first-order chi connectivity index (χ1) is 9.52. The van der Waals surface area contributed by atoms with Crippen LogP contribution in [0.25, 0.3) is 0 Å². The Kier molecular flexibility index (Phi) is 5.02. The lowest BCUT2D eigenvalue weighted by molar-refractivity contribution is 0.334. The smallest absolute Gasteiger partial charge is 0.191 e. The van der Waals surface area contributed by atoms with E-state index in [9.17, 15) is 0 Å². The summed E-state index contributed by atoms with van der Waals surface area (Å²) in [6.07, 6.45) is 5.37. The first-order valence-electron chi connectivity index (χ1n) is 7.40. The van der Waals surface area contributed by atoms with Crippen molar-refractivity contribution in [2.24, 2.45) is 10.4 Å². The van der Waals surface area contributed by atoms with E-state index in [2.05, 4.69) is 41.4 Å². The molecule has 2 rings (SSSR count). The van der Waals surface area contributed by atoms with Gasteiger partial charge in [0, 0.05) is 18.5 Å². The summed E-state index contributed by atoms with van der Waals surface area (Å²) in [4.78, 5) is 10.1. The van der Waals surface area contributed by atoms with Crippen LogP contribution in [0.3, 0.4) is 0 Å². The van der Waals surface area contributed by atoms with Crippen molar-refractivity contribution in [1.29, 1.82) is 0 Å². The average molecular weight is 294 g/mol. The number of guanidine groups is 1. The summed E-state index contributed by atoms with van der Waals surface area (Å²) >= 11 is 1.75. The molecule has 0 radical (unpaired) electrons. The van der Waals surface area contributed by atoms with Gasteiger partial charge in [-0.15, -0.1) is 11.3 Å². The van der Waals surface area contributed by atoms with Crippen molar-refractivity contribution in [2.75, 3.05) is 13.6 Å². The van der Waals surface area contributed by atoms with Gasteiger partial charge in [0.1, 0.15) is 5.01 Å². The van der Waals surface area contributed by atoms with E-state index in [1.54, 1.807) is 11.3 Å². The minimum absolute atomic E-state index is 0.436. The van der Waals surface area contributed by atoms with E-state index >= 15 is 0 Å². The summed E-state index contributed by atoms with van der Waals surface area (Å²) < 4.78 is 0. The second-order valence-electron chi connectivity index (χ2n) is 6.05. The third-order valence-electron chi connectivity index (χ3n) is 4.20. The zero-order chi connectivity index (χ0) is 14.6. The molecule has 0 aliphatic heterocycles. The number of rotatable bonds is 4. The number of nitrogens with one attached hydrogen (secondary N) is 2. The molecule has 0 aromatic carbocycles. The number of hydrogen-bond donors (Lipinski definition) is 2. The van der Waals surface area contributed by atoms with E-state index in [1.807, 2.05) is 7.05 Å². The van der Waals surface area contributed by atoms with Crippen LogP contribution in [0.1, 0.15) is 48.2 Å². The van der Waals surface area contributed by atoms with Crippen molar-refractivity contribution in [1.82, 2.24) is 15.6 Å². The topological polar surface area (TPSA) is 49.3 Å². The fourth-order valence-electron chi connectivity index (χ4n) is 2.70. The molecule has 1 aliphatic rings. The summed E-state index contributed by atoms with van der Waals surface area (Å²) in [6.45, 7) is 8.29. The second-order valence-corrected chi connectivity index (χ2v) is 7.33. The Balaban J connectivity index is 1.80. The fraction of sp³-hybridized carbons (Fsp3) is 0.733. The monoisotopic (exact) mass is 294 g/mol.